The molecule has 0 radical (unpaired) electrons. The molecule has 2 rings (SSSR count). The van der Waals surface area contributed by atoms with Gasteiger partial charge in [0.25, 0.3) is 0 Å². The first-order valence-corrected chi connectivity index (χ1v) is 8.12. The number of rotatable bonds is 7. The number of carbonyl (C=O) groups excluding carboxylic acids is 1. The Bertz CT molecular complexity index is 707. The van der Waals surface area contributed by atoms with Crippen molar-refractivity contribution in [2.24, 2.45) is 0 Å². The van der Waals surface area contributed by atoms with Crippen LogP contribution in [0.15, 0.2) is 48.5 Å². The van der Waals surface area contributed by atoms with Gasteiger partial charge in [-0.15, -0.1) is 0 Å². The Morgan fingerprint density at radius 3 is 2.42 bits per heavy atom. The number of hydrogen-bond acceptors (Lipinski definition) is 2. The second-order valence-electron chi connectivity index (χ2n) is 6.08. The van der Waals surface area contributed by atoms with E-state index in [1.54, 1.807) is 24.3 Å². The van der Waals surface area contributed by atoms with Crippen molar-refractivity contribution in [2.75, 3.05) is 6.54 Å². The van der Waals surface area contributed by atoms with Gasteiger partial charge >= 0.3 is 5.97 Å². The zero-order valence-corrected chi connectivity index (χ0v) is 14.1. The van der Waals surface area contributed by atoms with Gasteiger partial charge in [-0.2, -0.15) is 0 Å². The van der Waals surface area contributed by atoms with E-state index in [4.69, 9.17) is 5.11 Å². The summed E-state index contributed by atoms with van der Waals surface area (Å²) in [6.07, 6.45) is 0.706. The lowest BCUT2D eigenvalue weighted by Gasteiger charge is -2.13. The second-order valence-corrected chi connectivity index (χ2v) is 6.08. The molecule has 0 heterocycles. The quantitative estimate of drug-likeness (QED) is 0.818. The first kappa shape index (κ1) is 17.7. The van der Waals surface area contributed by atoms with Crippen molar-refractivity contribution in [3.05, 3.63) is 70.8 Å². The van der Waals surface area contributed by atoms with Crippen LogP contribution < -0.4 is 5.32 Å². The highest BCUT2D eigenvalue weighted by molar-refractivity contribution is 5.89. The summed E-state index contributed by atoms with van der Waals surface area (Å²) in [6.45, 7) is 4.69. The number of carboxylic acids is 1. The summed E-state index contributed by atoms with van der Waals surface area (Å²) < 4.78 is 0. The van der Waals surface area contributed by atoms with Crippen molar-refractivity contribution in [3.63, 3.8) is 0 Å². The maximum absolute atomic E-state index is 12.0. The predicted octanol–water partition coefficient (Wildman–Crippen LogP) is 3.55. The summed E-state index contributed by atoms with van der Waals surface area (Å²) in [6, 6.07) is 15.1. The van der Waals surface area contributed by atoms with E-state index in [-0.39, 0.29) is 23.8 Å². The molecule has 0 saturated carbocycles. The zero-order chi connectivity index (χ0) is 17.5. The standard InChI is InChI=1S/C20H23NO3/c1-14-7-9-16(10-8-14)15(2)13-21-19(22)12-11-17-5-3-4-6-18(17)20(23)24/h3-10,15H,11-13H2,1-2H3,(H,21,22)(H,23,24). The Hall–Kier alpha value is -2.62. The number of aryl methyl sites for hydroxylation is 2. The molecule has 0 aromatic heterocycles. The lowest BCUT2D eigenvalue weighted by atomic mass is 9.99. The molecular formula is C20H23NO3. The topological polar surface area (TPSA) is 66.4 Å². The molecule has 0 spiro atoms. The van der Waals surface area contributed by atoms with Crippen molar-refractivity contribution < 1.29 is 14.7 Å². The number of amides is 1. The maximum Gasteiger partial charge on any atom is 0.335 e. The second kappa shape index (κ2) is 8.29. The summed E-state index contributed by atoms with van der Waals surface area (Å²) in [7, 11) is 0. The minimum atomic E-state index is -0.959. The molecule has 2 N–H and O–H groups in total. The Kier molecular flexibility index (Phi) is 6.13. The highest BCUT2D eigenvalue weighted by atomic mass is 16.4. The number of hydrogen-bond donors (Lipinski definition) is 2. The Labute approximate surface area is 142 Å². The van der Waals surface area contributed by atoms with Gasteiger partial charge in [0, 0.05) is 13.0 Å². The van der Waals surface area contributed by atoms with Gasteiger partial charge in [0.05, 0.1) is 5.56 Å². The minimum Gasteiger partial charge on any atom is -0.478 e. The molecule has 2 aromatic carbocycles. The van der Waals surface area contributed by atoms with Gasteiger partial charge in [-0.3, -0.25) is 4.79 Å². The highest BCUT2D eigenvalue weighted by Gasteiger charge is 2.11. The fourth-order valence-corrected chi connectivity index (χ4v) is 2.56. The lowest BCUT2D eigenvalue weighted by molar-refractivity contribution is -0.121. The number of aromatic carboxylic acids is 1. The van der Waals surface area contributed by atoms with Crippen LogP contribution in [0.1, 0.15) is 46.3 Å². The van der Waals surface area contributed by atoms with Crippen LogP contribution >= 0.6 is 0 Å². The fourth-order valence-electron chi connectivity index (χ4n) is 2.56. The predicted molar refractivity (Wildman–Crippen MR) is 94.3 cm³/mol. The molecule has 2 aromatic rings. The number of benzene rings is 2. The molecule has 0 aliphatic rings. The van der Waals surface area contributed by atoms with Crippen LogP contribution in [0.3, 0.4) is 0 Å². The van der Waals surface area contributed by atoms with Gasteiger partial charge in [-0.05, 0) is 36.5 Å². The summed E-state index contributed by atoms with van der Waals surface area (Å²) in [5.74, 6) is -0.783. The molecule has 4 nitrogen and oxygen atoms in total. The SMILES string of the molecule is Cc1ccc(C(C)CNC(=O)CCc2ccccc2C(=O)O)cc1. The third-order valence-electron chi connectivity index (χ3n) is 4.12. The van der Waals surface area contributed by atoms with Crippen molar-refractivity contribution in [1.29, 1.82) is 0 Å². The highest BCUT2D eigenvalue weighted by Crippen LogP contribution is 2.15. The van der Waals surface area contributed by atoms with Crippen LogP contribution in [0, 0.1) is 6.92 Å². The van der Waals surface area contributed by atoms with Crippen molar-refractivity contribution in [1.82, 2.24) is 5.32 Å². The molecule has 0 aliphatic heterocycles. The Balaban J connectivity index is 1.83. The van der Waals surface area contributed by atoms with E-state index in [9.17, 15) is 9.59 Å². The van der Waals surface area contributed by atoms with E-state index < -0.39 is 5.97 Å². The van der Waals surface area contributed by atoms with E-state index in [1.165, 1.54) is 11.1 Å². The molecule has 24 heavy (non-hydrogen) atoms. The van der Waals surface area contributed by atoms with Crippen LogP contribution in [0.25, 0.3) is 0 Å². The molecule has 0 bridgehead atoms. The number of nitrogens with one attached hydrogen (secondary N) is 1. The van der Waals surface area contributed by atoms with E-state index in [2.05, 4.69) is 36.5 Å². The van der Waals surface area contributed by atoms with Gasteiger partial charge in [0.1, 0.15) is 0 Å². The van der Waals surface area contributed by atoms with E-state index >= 15 is 0 Å². The minimum absolute atomic E-state index is 0.0610. The molecule has 4 heteroatoms. The number of carboxylic acid groups (broad SMARTS) is 1. The van der Waals surface area contributed by atoms with Gasteiger partial charge < -0.3 is 10.4 Å². The van der Waals surface area contributed by atoms with E-state index in [0.29, 0.717) is 18.5 Å². The molecular weight excluding hydrogens is 302 g/mol. The van der Waals surface area contributed by atoms with E-state index in [0.717, 1.165) is 0 Å². The van der Waals surface area contributed by atoms with Crippen LogP contribution in [-0.4, -0.2) is 23.5 Å². The van der Waals surface area contributed by atoms with Gasteiger partial charge in [0.2, 0.25) is 5.91 Å². The average molecular weight is 325 g/mol. The van der Waals surface area contributed by atoms with Gasteiger partial charge in [0.15, 0.2) is 0 Å². The van der Waals surface area contributed by atoms with Gasteiger partial charge in [-0.1, -0.05) is 55.0 Å². The van der Waals surface area contributed by atoms with Crippen molar-refractivity contribution in [3.8, 4) is 0 Å². The molecule has 1 amide bonds. The summed E-state index contributed by atoms with van der Waals surface area (Å²) >= 11 is 0. The largest absolute Gasteiger partial charge is 0.478 e. The Morgan fingerprint density at radius 2 is 1.75 bits per heavy atom. The fraction of sp³-hybridized carbons (Fsp3) is 0.300. The molecule has 126 valence electrons. The maximum atomic E-state index is 12.0. The van der Waals surface area contributed by atoms with Gasteiger partial charge in [-0.25, -0.2) is 4.79 Å². The molecule has 1 atom stereocenters. The van der Waals surface area contributed by atoms with Crippen molar-refractivity contribution in [2.45, 2.75) is 32.6 Å². The van der Waals surface area contributed by atoms with Crippen LogP contribution in [-0.2, 0) is 11.2 Å². The normalized spacial score (nSPS) is 11.8. The first-order chi connectivity index (χ1) is 11.5. The molecule has 0 saturated heterocycles. The van der Waals surface area contributed by atoms with Crippen molar-refractivity contribution >= 4 is 11.9 Å². The monoisotopic (exact) mass is 325 g/mol. The third kappa shape index (κ3) is 4.95. The summed E-state index contributed by atoms with van der Waals surface area (Å²) in [5.41, 5.74) is 3.36. The van der Waals surface area contributed by atoms with E-state index in [1.807, 2.05) is 6.92 Å². The third-order valence-corrected chi connectivity index (χ3v) is 4.12. The van der Waals surface area contributed by atoms with Crippen LogP contribution in [0.4, 0.5) is 0 Å². The molecule has 1 unspecified atom stereocenters. The smallest absolute Gasteiger partial charge is 0.335 e. The average Bonchev–Trinajstić information content (AvgIpc) is 2.58. The summed E-state index contributed by atoms with van der Waals surface area (Å²) in [5, 5.41) is 12.1. The molecule has 0 fully saturated rings. The van der Waals surface area contributed by atoms with Crippen LogP contribution in [0.2, 0.25) is 0 Å². The Morgan fingerprint density at radius 1 is 1.08 bits per heavy atom. The molecule has 0 aliphatic carbocycles. The van der Waals surface area contributed by atoms with Crippen LogP contribution in [0.5, 0.6) is 0 Å². The first-order valence-electron chi connectivity index (χ1n) is 8.12. The summed E-state index contributed by atoms with van der Waals surface area (Å²) in [4.78, 5) is 23.2. The lowest BCUT2D eigenvalue weighted by Crippen LogP contribution is -2.27. The zero-order valence-electron chi connectivity index (χ0n) is 14.1. The number of carbonyl (C=O) groups is 2.